The van der Waals surface area contributed by atoms with Crippen LogP contribution in [0.4, 0.5) is 0 Å². The Morgan fingerprint density at radius 3 is 1.66 bits per heavy atom. The van der Waals surface area contributed by atoms with Crippen LogP contribution < -0.4 is 21.5 Å². The number of hydrogen-bond acceptors (Lipinski definition) is 3. The van der Waals surface area contributed by atoms with Crippen molar-refractivity contribution in [3.63, 3.8) is 0 Å². The lowest BCUT2D eigenvalue weighted by Gasteiger charge is -2.19. The van der Waals surface area contributed by atoms with Crippen LogP contribution in [0.25, 0.3) is 11.4 Å². The smallest absolute Gasteiger partial charge is 0.308 e. The molecule has 1 aromatic heterocycles. The second-order valence-electron chi connectivity index (χ2n) is 8.18. The maximum Gasteiger partial charge on any atom is 0.608 e. The molecule has 1 atom stereocenters. The van der Waals surface area contributed by atoms with E-state index in [1.165, 1.54) is 10.5 Å². The van der Waals surface area contributed by atoms with Crippen LogP contribution in [0.3, 0.4) is 0 Å². The number of aromatic nitrogens is 2. The summed E-state index contributed by atoms with van der Waals surface area (Å²) in [4.78, 5) is 14.0. The highest BCUT2D eigenvalue weighted by atomic mass is 31.2. The van der Waals surface area contributed by atoms with E-state index in [0.717, 1.165) is 5.56 Å². The van der Waals surface area contributed by atoms with Crippen molar-refractivity contribution in [2.75, 3.05) is 0 Å². The summed E-state index contributed by atoms with van der Waals surface area (Å²) in [5.41, 5.74) is 1.65. The van der Waals surface area contributed by atoms with Gasteiger partial charge in [0.25, 0.3) is 0 Å². The largest absolute Gasteiger partial charge is 0.608 e. The van der Waals surface area contributed by atoms with E-state index in [-0.39, 0.29) is 5.30 Å². The van der Waals surface area contributed by atoms with Crippen molar-refractivity contribution in [3.8, 4) is 11.4 Å². The molecule has 0 fully saturated rings. The average Bonchev–Trinajstić information content (AvgIpc) is 2.91. The summed E-state index contributed by atoms with van der Waals surface area (Å²) in [6.45, 7) is 1.97. The Kier molecular flexibility index (Phi) is 6.21. The van der Waals surface area contributed by atoms with Crippen LogP contribution in [0, 0.1) is 6.92 Å². The van der Waals surface area contributed by atoms with Crippen molar-refractivity contribution in [2.24, 2.45) is 0 Å². The second kappa shape index (κ2) is 9.46. The zero-order chi connectivity index (χ0) is 24.4. The summed E-state index contributed by atoms with van der Waals surface area (Å²) in [6.07, 6.45) is 1.52. The average molecular weight is 497 g/mol. The number of aryl methyl sites for hydroxylation is 1. The molecule has 0 saturated heterocycles. The van der Waals surface area contributed by atoms with E-state index < -0.39 is 20.4 Å². The zero-order valence-corrected chi connectivity index (χ0v) is 20.8. The van der Waals surface area contributed by atoms with E-state index in [0.29, 0.717) is 22.0 Å². The third-order valence-electron chi connectivity index (χ3n) is 5.89. The Balaban J connectivity index is 1.92. The van der Waals surface area contributed by atoms with Gasteiger partial charge < -0.3 is 4.57 Å². The van der Waals surface area contributed by atoms with E-state index in [9.17, 15) is 9.36 Å². The van der Waals surface area contributed by atoms with E-state index in [1.54, 1.807) is 52.9 Å². The molecule has 35 heavy (non-hydrogen) atoms. The molecule has 4 aromatic carbocycles. The molecule has 0 aliphatic heterocycles. The van der Waals surface area contributed by atoms with Crippen molar-refractivity contribution < 1.29 is 9.13 Å². The van der Waals surface area contributed by atoms with Crippen molar-refractivity contribution in [1.29, 1.82) is 0 Å². The molecule has 0 aliphatic rings. The van der Waals surface area contributed by atoms with Gasteiger partial charge in [0.2, 0.25) is 0 Å². The summed E-state index contributed by atoms with van der Waals surface area (Å²) in [5.74, 6) is 0. The minimum atomic E-state index is -3.61. The van der Waals surface area contributed by atoms with Gasteiger partial charge in [-0.2, -0.15) is 0 Å². The maximum absolute atomic E-state index is 15.1. The molecule has 0 amide bonds. The third-order valence-corrected chi connectivity index (χ3v) is 10.4. The van der Waals surface area contributed by atoms with Crippen LogP contribution >= 0.6 is 14.9 Å². The van der Waals surface area contributed by atoms with Gasteiger partial charge in [-0.15, -0.1) is 4.33 Å². The second-order valence-corrected chi connectivity index (χ2v) is 12.2. The molecule has 7 heteroatoms. The van der Waals surface area contributed by atoms with Gasteiger partial charge in [-0.3, -0.25) is 4.79 Å². The number of hydrogen-bond donors (Lipinski definition) is 0. The molecule has 172 valence electrons. The van der Waals surface area contributed by atoms with Gasteiger partial charge in [0.15, 0.2) is 7.14 Å². The zero-order valence-electron chi connectivity index (χ0n) is 19.1. The van der Waals surface area contributed by atoms with Crippen LogP contribution in [0.1, 0.15) is 5.56 Å². The molecular weight excluding hydrogens is 474 g/mol. The van der Waals surface area contributed by atoms with Crippen LogP contribution in [-0.4, -0.2) is 8.66 Å². The molecule has 5 nitrogen and oxygen atoms in total. The molecule has 1 unspecified atom stereocenters. The topological polar surface area (TPSA) is 61.1 Å². The lowest BCUT2D eigenvalue weighted by atomic mass is 10.2. The number of benzene rings is 4. The summed E-state index contributed by atoms with van der Waals surface area (Å²) in [6, 6.07) is 34.5. The summed E-state index contributed by atoms with van der Waals surface area (Å²) in [7, 11) is -5.97. The Bertz CT molecular complexity index is 1600. The highest BCUT2D eigenvalue weighted by Crippen LogP contribution is 2.42. The third kappa shape index (κ3) is 4.14. The van der Waals surface area contributed by atoms with Gasteiger partial charge in [-0.1, -0.05) is 101 Å². The number of para-hydroxylation sites is 1. The van der Waals surface area contributed by atoms with Gasteiger partial charge in [0, 0.05) is 10.6 Å². The van der Waals surface area contributed by atoms with Crippen LogP contribution in [0.5, 0.6) is 0 Å². The minimum Gasteiger partial charge on any atom is -0.308 e. The van der Waals surface area contributed by atoms with Crippen molar-refractivity contribution >= 4 is 30.8 Å². The predicted molar refractivity (Wildman–Crippen MR) is 143 cm³/mol. The van der Waals surface area contributed by atoms with Gasteiger partial charge in [-0.05, 0) is 35.8 Å². The SMILES string of the molecule is Cc1ccc(-n2cc(P(=O)(c3ccccc3)c3ccccc3)c(=O)n(-c3ccccc3)[p+]2=O)cc1. The summed E-state index contributed by atoms with van der Waals surface area (Å²) >= 11 is 0. The van der Waals surface area contributed by atoms with Crippen LogP contribution in [-0.2, 0) is 9.13 Å². The maximum atomic E-state index is 15.1. The lowest BCUT2D eigenvalue weighted by molar-refractivity contribution is 0.585. The quantitative estimate of drug-likeness (QED) is 0.309. The summed E-state index contributed by atoms with van der Waals surface area (Å²) < 4.78 is 31.7. The van der Waals surface area contributed by atoms with E-state index >= 15 is 4.57 Å². The van der Waals surface area contributed by atoms with Crippen LogP contribution in [0.15, 0.2) is 126 Å². The van der Waals surface area contributed by atoms with Crippen LogP contribution in [0.2, 0.25) is 0 Å². The predicted octanol–water partition coefficient (Wildman–Crippen LogP) is 5.32. The fraction of sp³-hybridized carbons (Fsp3) is 0.0357. The molecule has 0 N–H and O–H groups in total. The highest BCUT2D eigenvalue weighted by Gasteiger charge is 2.37. The van der Waals surface area contributed by atoms with Gasteiger partial charge in [0.05, 0.1) is 17.6 Å². The van der Waals surface area contributed by atoms with E-state index in [1.807, 2.05) is 73.7 Å². The summed E-state index contributed by atoms with van der Waals surface area (Å²) in [5, 5.41) is 1.19. The Labute approximate surface area is 204 Å². The number of nitrogens with zero attached hydrogens (tertiary/aromatic N) is 2. The number of rotatable bonds is 5. The molecule has 1 heterocycles. The molecule has 0 radical (unpaired) electrons. The molecule has 5 rings (SSSR count). The normalized spacial score (nSPS) is 11.9. The Hall–Kier alpha value is -3.78. The van der Waals surface area contributed by atoms with Gasteiger partial charge in [-0.25, -0.2) is 0 Å². The van der Waals surface area contributed by atoms with Crippen molar-refractivity contribution in [3.05, 3.63) is 137 Å². The molecular formula is C28H23N2O3P2+. The lowest BCUT2D eigenvalue weighted by Crippen LogP contribution is -2.39. The van der Waals surface area contributed by atoms with Gasteiger partial charge >= 0.3 is 13.3 Å². The highest BCUT2D eigenvalue weighted by molar-refractivity contribution is 7.85. The molecule has 0 saturated carbocycles. The molecule has 5 aromatic rings. The Morgan fingerprint density at radius 2 is 1.14 bits per heavy atom. The minimum absolute atomic E-state index is 0.105. The molecule has 0 aliphatic carbocycles. The first-order chi connectivity index (χ1) is 17.0. The fourth-order valence-electron chi connectivity index (χ4n) is 4.08. The first-order valence-corrected chi connectivity index (χ1v) is 14.0. The standard InChI is InChI=1S/C28H23N2O3P2/c1-22-17-19-23(20-18-22)29-21-27(28(31)30(34(29)32)24-11-5-2-6-12-24)35(33,25-13-7-3-8-14-25)26-15-9-4-10-16-26/h2-21H,1H3/q+1. The first kappa shape index (κ1) is 23.0. The van der Waals surface area contributed by atoms with E-state index in [2.05, 4.69) is 0 Å². The van der Waals surface area contributed by atoms with E-state index in [4.69, 9.17) is 0 Å². The fourth-order valence-corrected chi connectivity index (χ4v) is 8.27. The van der Waals surface area contributed by atoms with Gasteiger partial charge in [0.1, 0.15) is 5.30 Å². The van der Waals surface area contributed by atoms with Crippen molar-refractivity contribution in [1.82, 2.24) is 8.66 Å². The first-order valence-electron chi connectivity index (χ1n) is 11.2. The molecule has 0 bridgehead atoms. The monoisotopic (exact) mass is 497 g/mol. The molecule has 0 spiro atoms. The van der Waals surface area contributed by atoms with Crippen molar-refractivity contribution in [2.45, 2.75) is 6.92 Å². The Morgan fingerprint density at radius 1 is 0.657 bits per heavy atom.